The predicted molar refractivity (Wildman–Crippen MR) is 135 cm³/mol. The number of para-hydroxylation sites is 1. The lowest BCUT2D eigenvalue weighted by Gasteiger charge is -2.52. The van der Waals surface area contributed by atoms with Crippen molar-refractivity contribution in [1.82, 2.24) is 0 Å². The zero-order valence-corrected chi connectivity index (χ0v) is 20.8. The minimum atomic E-state index is -0.456. The Balaban J connectivity index is 1.21. The maximum Gasteiger partial charge on any atom is 0.414 e. The van der Waals surface area contributed by atoms with E-state index in [0.717, 1.165) is 80.5 Å². The van der Waals surface area contributed by atoms with Crippen LogP contribution in [0, 0.1) is 11.7 Å². The van der Waals surface area contributed by atoms with Crippen molar-refractivity contribution in [3.63, 3.8) is 0 Å². The Bertz CT molecular complexity index is 1000. The van der Waals surface area contributed by atoms with Gasteiger partial charge in [0.05, 0.1) is 18.8 Å². The van der Waals surface area contributed by atoms with Crippen LogP contribution in [0.15, 0.2) is 48.5 Å². The molecule has 188 valence electrons. The van der Waals surface area contributed by atoms with Crippen molar-refractivity contribution in [3.05, 3.63) is 59.9 Å². The largest absolute Gasteiger partial charge is 0.488 e. The van der Waals surface area contributed by atoms with Gasteiger partial charge < -0.3 is 14.0 Å². The van der Waals surface area contributed by atoms with Gasteiger partial charge in [-0.3, -0.25) is 4.90 Å². The number of hydrogen-bond donors (Lipinski definition) is 0. The van der Waals surface area contributed by atoms with Crippen LogP contribution in [0.3, 0.4) is 0 Å². The molecule has 2 bridgehead atoms. The number of carbonyl (C=O) groups excluding carboxylic acids is 1. The van der Waals surface area contributed by atoms with E-state index in [1.807, 2.05) is 42.5 Å². The number of nitrogens with zero attached hydrogens (tertiary/aromatic N) is 2. The highest BCUT2D eigenvalue weighted by atomic mass is 19.1. The molecule has 0 radical (unpaired) electrons. The zero-order valence-electron chi connectivity index (χ0n) is 20.8. The molecular formula is C29H38FN2O3+. The second-order valence-electron chi connectivity index (χ2n) is 10.7. The maximum absolute atomic E-state index is 15.5. The fourth-order valence-electron chi connectivity index (χ4n) is 6.37. The summed E-state index contributed by atoms with van der Waals surface area (Å²) in [5.74, 6) is 1.26. The molecule has 0 unspecified atom stereocenters. The second-order valence-corrected chi connectivity index (χ2v) is 10.7. The first-order valence-electron chi connectivity index (χ1n) is 13.3. The van der Waals surface area contributed by atoms with Gasteiger partial charge in [-0.25, -0.2) is 9.18 Å². The maximum atomic E-state index is 15.5. The quantitative estimate of drug-likeness (QED) is 0.446. The SMILES string of the molecule is CN(C(=O)O[C@H]1C[N+]2(CCOc3ccccc3)CCC1CC2)c1cccc(C2CCCCC2)c1F. The number of benzene rings is 2. The van der Waals surface area contributed by atoms with Gasteiger partial charge in [0, 0.05) is 25.8 Å². The van der Waals surface area contributed by atoms with Gasteiger partial charge in [-0.1, -0.05) is 49.6 Å². The lowest BCUT2D eigenvalue weighted by atomic mass is 9.83. The van der Waals surface area contributed by atoms with Crippen molar-refractivity contribution in [1.29, 1.82) is 0 Å². The summed E-state index contributed by atoms with van der Waals surface area (Å²) < 4.78 is 28.4. The van der Waals surface area contributed by atoms with E-state index in [1.165, 1.54) is 11.3 Å². The number of halogens is 1. The lowest BCUT2D eigenvalue weighted by Crippen LogP contribution is -2.65. The van der Waals surface area contributed by atoms with Gasteiger partial charge in [0.2, 0.25) is 0 Å². The number of fused-ring (bicyclic) bond motifs is 3. The summed E-state index contributed by atoms with van der Waals surface area (Å²) in [4.78, 5) is 14.5. The van der Waals surface area contributed by atoms with Crippen molar-refractivity contribution in [3.8, 4) is 5.75 Å². The topological polar surface area (TPSA) is 38.8 Å². The van der Waals surface area contributed by atoms with Crippen LogP contribution in [-0.2, 0) is 4.74 Å². The van der Waals surface area contributed by atoms with Crippen molar-refractivity contribution >= 4 is 11.8 Å². The van der Waals surface area contributed by atoms with Crippen molar-refractivity contribution < 1.29 is 23.1 Å². The van der Waals surface area contributed by atoms with Crippen LogP contribution in [-0.4, -0.2) is 56.5 Å². The number of amides is 1. The molecule has 4 fully saturated rings. The Labute approximate surface area is 208 Å². The van der Waals surface area contributed by atoms with E-state index in [-0.39, 0.29) is 17.8 Å². The molecule has 3 heterocycles. The zero-order chi connectivity index (χ0) is 24.3. The van der Waals surface area contributed by atoms with E-state index in [2.05, 4.69) is 0 Å². The van der Waals surface area contributed by atoms with Gasteiger partial charge in [-0.05, 0) is 42.5 Å². The predicted octanol–water partition coefficient (Wildman–Crippen LogP) is 6.13. The van der Waals surface area contributed by atoms with E-state index in [4.69, 9.17) is 9.47 Å². The highest BCUT2D eigenvalue weighted by Gasteiger charge is 2.47. The molecule has 35 heavy (non-hydrogen) atoms. The Hall–Kier alpha value is -2.60. The molecule has 0 spiro atoms. The monoisotopic (exact) mass is 481 g/mol. The van der Waals surface area contributed by atoms with Crippen LogP contribution in [0.1, 0.15) is 56.4 Å². The number of hydrogen-bond acceptors (Lipinski definition) is 3. The Morgan fingerprint density at radius 1 is 1.00 bits per heavy atom. The fourth-order valence-corrected chi connectivity index (χ4v) is 6.37. The van der Waals surface area contributed by atoms with Crippen molar-refractivity contribution in [2.45, 2.75) is 57.0 Å². The highest BCUT2D eigenvalue weighted by molar-refractivity contribution is 5.87. The third kappa shape index (κ3) is 5.32. The molecule has 6 heteroatoms. The molecule has 3 saturated heterocycles. The number of quaternary nitrogens is 1. The molecular weight excluding hydrogens is 443 g/mol. The fraction of sp³-hybridized carbons (Fsp3) is 0.552. The van der Waals surface area contributed by atoms with Gasteiger partial charge in [-0.2, -0.15) is 0 Å². The van der Waals surface area contributed by atoms with E-state index in [9.17, 15) is 4.79 Å². The first kappa shape index (κ1) is 24.1. The van der Waals surface area contributed by atoms with Crippen LogP contribution in [0.25, 0.3) is 0 Å². The summed E-state index contributed by atoms with van der Waals surface area (Å²) in [5.41, 5.74) is 1.06. The van der Waals surface area contributed by atoms with Crippen LogP contribution in [0.5, 0.6) is 5.75 Å². The van der Waals surface area contributed by atoms with Crippen LogP contribution in [0.2, 0.25) is 0 Å². The van der Waals surface area contributed by atoms with Crippen LogP contribution in [0.4, 0.5) is 14.9 Å². The van der Waals surface area contributed by atoms with Crippen molar-refractivity contribution in [2.24, 2.45) is 5.92 Å². The number of piperidine rings is 3. The minimum Gasteiger partial charge on any atom is -0.488 e. The van der Waals surface area contributed by atoms with Gasteiger partial charge in [-0.15, -0.1) is 0 Å². The highest BCUT2D eigenvalue weighted by Crippen LogP contribution is 2.38. The molecule has 1 aliphatic carbocycles. The molecule has 4 aliphatic rings. The van der Waals surface area contributed by atoms with E-state index >= 15 is 4.39 Å². The first-order chi connectivity index (χ1) is 17.0. The summed E-state index contributed by atoms with van der Waals surface area (Å²) >= 11 is 0. The second kappa shape index (κ2) is 10.6. The molecule has 0 aromatic heterocycles. The van der Waals surface area contributed by atoms with Gasteiger partial charge >= 0.3 is 6.09 Å². The summed E-state index contributed by atoms with van der Waals surface area (Å²) in [6.45, 7) is 4.57. The normalized spacial score (nSPS) is 26.3. The molecule has 6 rings (SSSR count). The molecule has 3 aliphatic heterocycles. The molecule has 5 nitrogen and oxygen atoms in total. The summed E-state index contributed by atoms with van der Waals surface area (Å²) in [5, 5.41) is 0. The van der Waals surface area contributed by atoms with Gasteiger partial charge in [0.25, 0.3) is 0 Å². The van der Waals surface area contributed by atoms with Crippen molar-refractivity contribution in [2.75, 3.05) is 44.7 Å². The first-order valence-corrected chi connectivity index (χ1v) is 13.3. The number of anilines is 1. The van der Waals surface area contributed by atoms with Gasteiger partial charge in [0.1, 0.15) is 31.3 Å². The molecule has 1 saturated carbocycles. The average Bonchev–Trinajstić information content (AvgIpc) is 2.90. The number of ether oxygens (including phenoxy) is 2. The number of rotatable bonds is 7. The standard InChI is InChI=1S/C29H38FN2O3/c1-31(26-14-8-13-25(28(26)30)22-9-4-2-5-10-22)29(33)35-27-21-32(17-15-23(27)16-18-32)19-20-34-24-11-6-3-7-12-24/h3,6-8,11-14,22-23,27H,2,4-5,9-10,15-21H2,1H3/q+1/t23?,27-,32?/m0/s1. The smallest absolute Gasteiger partial charge is 0.414 e. The summed E-state index contributed by atoms with van der Waals surface area (Å²) in [6.07, 6.45) is 7.08. The molecule has 2 aromatic rings. The van der Waals surface area contributed by atoms with Gasteiger partial charge in [0.15, 0.2) is 6.10 Å². The van der Waals surface area contributed by atoms with E-state index in [1.54, 1.807) is 13.1 Å². The minimum absolute atomic E-state index is 0.131. The molecule has 2 aromatic carbocycles. The third-order valence-corrected chi connectivity index (χ3v) is 8.56. The van der Waals surface area contributed by atoms with Crippen LogP contribution < -0.4 is 9.64 Å². The molecule has 0 N–H and O–H groups in total. The summed E-state index contributed by atoms with van der Waals surface area (Å²) in [6, 6.07) is 15.3. The average molecular weight is 482 g/mol. The Morgan fingerprint density at radius 2 is 1.74 bits per heavy atom. The lowest BCUT2D eigenvalue weighted by molar-refractivity contribution is -0.946. The van der Waals surface area contributed by atoms with Crippen LogP contribution >= 0.6 is 0 Å². The van der Waals surface area contributed by atoms with E-state index < -0.39 is 6.09 Å². The molecule has 1 atom stereocenters. The van der Waals surface area contributed by atoms with E-state index in [0.29, 0.717) is 18.2 Å². The summed E-state index contributed by atoms with van der Waals surface area (Å²) in [7, 11) is 1.63. The molecule has 1 amide bonds. The third-order valence-electron chi connectivity index (χ3n) is 8.56. The Morgan fingerprint density at radius 3 is 2.49 bits per heavy atom. The Kier molecular flexibility index (Phi) is 7.28. The number of carbonyl (C=O) groups is 1.